The van der Waals surface area contributed by atoms with Crippen LogP contribution >= 0.6 is 27.5 Å². The van der Waals surface area contributed by atoms with Gasteiger partial charge in [0.15, 0.2) is 0 Å². The lowest BCUT2D eigenvalue weighted by molar-refractivity contribution is -0.131. The molecular formula is C19H17BrClFN2O2. The zero-order valence-corrected chi connectivity index (χ0v) is 16.3. The fourth-order valence-corrected chi connectivity index (χ4v) is 3.52. The molecule has 1 saturated heterocycles. The summed E-state index contributed by atoms with van der Waals surface area (Å²) in [7, 11) is 0. The lowest BCUT2D eigenvalue weighted by atomic mass is 10.1. The number of amides is 2. The topological polar surface area (TPSA) is 40.6 Å². The maximum atomic E-state index is 13.3. The Kier molecular flexibility index (Phi) is 5.94. The van der Waals surface area contributed by atoms with Crippen LogP contribution in [-0.4, -0.2) is 47.8 Å². The molecule has 2 aromatic rings. The normalized spacial score (nSPS) is 14.4. The SMILES string of the molecule is O=C(Cc1ccc(F)c(Br)c1)N1CCN(C(=O)c2cccc(Cl)c2)CC1. The van der Waals surface area contributed by atoms with E-state index >= 15 is 0 Å². The van der Waals surface area contributed by atoms with Crippen LogP contribution in [0.5, 0.6) is 0 Å². The van der Waals surface area contributed by atoms with E-state index in [1.807, 2.05) is 0 Å². The summed E-state index contributed by atoms with van der Waals surface area (Å²) >= 11 is 9.07. The second-order valence-electron chi connectivity index (χ2n) is 6.11. The fourth-order valence-electron chi connectivity index (χ4n) is 2.90. The Morgan fingerprint density at radius 3 is 2.38 bits per heavy atom. The van der Waals surface area contributed by atoms with Gasteiger partial charge in [-0.15, -0.1) is 0 Å². The van der Waals surface area contributed by atoms with E-state index in [0.717, 1.165) is 5.56 Å². The van der Waals surface area contributed by atoms with Crippen LogP contribution < -0.4 is 0 Å². The second-order valence-corrected chi connectivity index (χ2v) is 7.40. The van der Waals surface area contributed by atoms with Crippen LogP contribution in [0.2, 0.25) is 5.02 Å². The van der Waals surface area contributed by atoms with Gasteiger partial charge >= 0.3 is 0 Å². The van der Waals surface area contributed by atoms with E-state index in [1.54, 1.807) is 46.2 Å². The summed E-state index contributed by atoms with van der Waals surface area (Å²) in [6, 6.07) is 11.4. The van der Waals surface area contributed by atoms with Crippen LogP contribution in [0, 0.1) is 5.82 Å². The van der Waals surface area contributed by atoms with Gasteiger partial charge in [-0.05, 0) is 51.8 Å². The molecule has 7 heteroatoms. The van der Waals surface area contributed by atoms with Gasteiger partial charge in [0.05, 0.1) is 10.9 Å². The molecule has 136 valence electrons. The number of piperazine rings is 1. The number of rotatable bonds is 3. The van der Waals surface area contributed by atoms with E-state index in [0.29, 0.717) is 41.2 Å². The predicted octanol–water partition coefficient (Wildman–Crippen LogP) is 3.77. The molecule has 4 nitrogen and oxygen atoms in total. The van der Waals surface area contributed by atoms with Crippen molar-refractivity contribution in [1.82, 2.24) is 9.80 Å². The highest BCUT2D eigenvalue weighted by atomic mass is 79.9. The zero-order chi connectivity index (χ0) is 18.7. The lowest BCUT2D eigenvalue weighted by Crippen LogP contribution is -2.51. The second kappa shape index (κ2) is 8.18. The number of hydrogen-bond donors (Lipinski definition) is 0. The molecule has 0 saturated carbocycles. The van der Waals surface area contributed by atoms with Gasteiger partial charge in [0.25, 0.3) is 5.91 Å². The van der Waals surface area contributed by atoms with E-state index in [-0.39, 0.29) is 24.1 Å². The van der Waals surface area contributed by atoms with Crippen LogP contribution in [0.1, 0.15) is 15.9 Å². The third kappa shape index (κ3) is 4.43. The molecule has 0 unspecified atom stereocenters. The smallest absolute Gasteiger partial charge is 0.254 e. The van der Waals surface area contributed by atoms with Crippen molar-refractivity contribution < 1.29 is 14.0 Å². The van der Waals surface area contributed by atoms with E-state index in [2.05, 4.69) is 15.9 Å². The molecule has 3 rings (SSSR count). The maximum Gasteiger partial charge on any atom is 0.254 e. The number of halogens is 3. The number of carbonyl (C=O) groups excluding carboxylic acids is 2. The zero-order valence-electron chi connectivity index (χ0n) is 13.9. The monoisotopic (exact) mass is 438 g/mol. The van der Waals surface area contributed by atoms with Crippen molar-refractivity contribution in [1.29, 1.82) is 0 Å². The largest absolute Gasteiger partial charge is 0.339 e. The fraction of sp³-hybridized carbons (Fsp3) is 0.263. The first-order valence-electron chi connectivity index (χ1n) is 8.20. The molecule has 0 spiro atoms. The summed E-state index contributed by atoms with van der Waals surface area (Å²) in [4.78, 5) is 28.4. The summed E-state index contributed by atoms with van der Waals surface area (Å²) in [5, 5.41) is 0.523. The Morgan fingerprint density at radius 1 is 1.04 bits per heavy atom. The third-order valence-electron chi connectivity index (χ3n) is 4.33. The van der Waals surface area contributed by atoms with E-state index in [4.69, 9.17) is 11.6 Å². The standard InChI is InChI=1S/C19H17BrClFN2O2/c20-16-10-13(4-5-17(16)22)11-18(25)23-6-8-24(9-7-23)19(26)14-2-1-3-15(21)12-14/h1-5,10,12H,6-9,11H2. The van der Waals surface area contributed by atoms with Crippen molar-refractivity contribution in [2.75, 3.05) is 26.2 Å². The minimum absolute atomic E-state index is 0.0293. The van der Waals surface area contributed by atoms with Crippen molar-refractivity contribution in [2.24, 2.45) is 0 Å². The van der Waals surface area contributed by atoms with Crippen molar-refractivity contribution in [3.63, 3.8) is 0 Å². The molecular weight excluding hydrogens is 423 g/mol. The molecule has 1 fully saturated rings. The lowest BCUT2D eigenvalue weighted by Gasteiger charge is -2.35. The van der Waals surface area contributed by atoms with E-state index in [9.17, 15) is 14.0 Å². The number of carbonyl (C=O) groups is 2. The van der Waals surface area contributed by atoms with Crippen molar-refractivity contribution in [2.45, 2.75) is 6.42 Å². The maximum absolute atomic E-state index is 13.3. The summed E-state index contributed by atoms with van der Waals surface area (Å²) < 4.78 is 13.6. The Bertz CT molecular complexity index is 838. The van der Waals surface area contributed by atoms with Crippen LogP contribution in [0.4, 0.5) is 4.39 Å². The van der Waals surface area contributed by atoms with Crippen molar-refractivity contribution in [3.05, 3.63) is 68.9 Å². The first-order chi connectivity index (χ1) is 12.4. The molecule has 1 aliphatic heterocycles. The summed E-state index contributed by atoms with van der Waals surface area (Å²) in [5.74, 6) is -0.463. The molecule has 0 radical (unpaired) electrons. The van der Waals surface area contributed by atoms with Crippen LogP contribution in [0.3, 0.4) is 0 Å². The van der Waals surface area contributed by atoms with Crippen LogP contribution in [0.15, 0.2) is 46.9 Å². The molecule has 0 N–H and O–H groups in total. The number of nitrogens with zero attached hydrogens (tertiary/aromatic N) is 2. The van der Waals surface area contributed by atoms with Gasteiger partial charge < -0.3 is 9.80 Å². The van der Waals surface area contributed by atoms with E-state index < -0.39 is 0 Å². The first-order valence-corrected chi connectivity index (χ1v) is 9.37. The van der Waals surface area contributed by atoms with Crippen molar-refractivity contribution >= 4 is 39.3 Å². The molecule has 26 heavy (non-hydrogen) atoms. The van der Waals surface area contributed by atoms with E-state index in [1.165, 1.54) is 6.07 Å². The quantitative estimate of drug-likeness (QED) is 0.730. The highest BCUT2D eigenvalue weighted by Gasteiger charge is 2.25. The summed E-state index contributed by atoms with van der Waals surface area (Å²) in [6.45, 7) is 1.91. The third-order valence-corrected chi connectivity index (χ3v) is 5.17. The van der Waals surface area contributed by atoms with Gasteiger partial charge in [-0.3, -0.25) is 9.59 Å². The highest BCUT2D eigenvalue weighted by Crippen LogP contribution is 2.18. The van der Waals surface area contributed by atoms with Gasteiger partial charge in [-0.2, -0.15) is 0 Å². The van der Waals surface area contributed by atoms with Gasteiger partial charge in [0.1, 0.15) is 5.82 Å². The first kappa shape index (κ1) is 18.9. The van der Waals surface area contributed by atoms with Crippen LogP contribution in [0.25, 0.3) is 0 Å². The molecule has 2 amide bonds. The average molecular weight is 440 g/mol. The molecule has 0 bridgehead atoms. The molecule has 2 aromatic carbocycles. The van der Waals surface area contributed by atoms with Gasteiger partial charge in [-0.25, -0.2) is 4.39 Å². The highest BCUT2D eigenvalue weighted by molar-refractivity contribution is 9.10. The predicted molar refractivity (Wildman–Crippen MR) is 102 cm³/mol. The molecule has 0 aliphatic carbocycles. The minimum Gasteiger partial charge on any atom is -0.339 e. The Morgan fingerprint density at radius 2 is 1.73 bits per heavy atom. The minimum atomic E-state index is -0.352. The Balaban J connectivity index is 1.56. The van der Waals surface area contributed by atoms with Crippen molar-refractivity contribution in [3.8, 4) is 0 Å². The summed E-state index contributed by atoms with van der Waals surface area (Å²) in [5.41, 5.74) is 1.30. The molecule has 1 heterocycles. The Labute approximate surface area is 164 Å². The number of hydrogen-bond acceptors (Lipinski definition) is 2. The van der Waals surface area contributed by atoms with Gasteiger partial charge in [0, 0.05) is 36.8 Å². The number of benzene rings is 2. The summed E-state index contributed by atoms with van der Waals surface area (Å²) in [6.07, 6.45) is 0.209. The molecule has 1 aliphatic rings. The van der Waals surface area contributed by atoms with Gasteiger partial charge in [-0.1, -0.05) is 23.7 Å². The Hall–Kier alpha value is -1.92. The van der Waals surface area contributed by atoms with Crippen LogP contribution in [-0.2, 0) is 11.2 Å². The molecule has 0 aromatic heterocycles. The van der Waals surface area contributed by atoms with Gasteiger partial charge in [0.2, 0.25) is 5.91 Å². The average Bonchev–Trinajstić information content (AvgIpc) is 2.64. The molecule has 0 atom stereocenters.